The lowest BCUT2D eigenvalue weighted by atomic mass is 10.2. The number of carbonyl (C=O) groups is 1. The molecule has 110 valence electrons. The minimum Gasteiger partial charge on any atom is -0.343 e. The number of benzene rings is 2. The number of rotatable bonds is 3. The molecule has 1 aromatic heterocycles. The lowest BCUT2D eigenvalue weighted by Gasteiger charge is -2.20. The highest BCUT2D eigenvalue weighted by Crippen LogP contribution is 2.29. The number of amides is 1. The fourth-order valence-electron chi connectivity index (χ4n) is 2.37. The monoisotopic (exact) mass is 292 g/mol. The van der Waals surface area contributed by atoms with E-state index in [0.29, 0.717) is 0 Å². The number of hydrogen-bond acceptors (Lipinski definition) is 4. The summed E-state index contributed by atoms with van der Waals surface area (Å²) in [6.45, 7) is 1.49. The summed E-state index contributed by atoms with van der Waals surface area (Å²) in [4.78, 5) is 13.1. The topological polar surface area (TPSA) is 58.1 Å². The van der Waals surface area contributed by atoms with Crippen LogP contribution >= 0.6 is 0 Å². The lowest BCUT2D eigenvalue weighted by Crippen LogP contribution is -2.11. The van der Waals surface area contributed by atoms with E-state index < -0.39 is 0 Å². The molecule has 0 aliphatic carbocycles. The second-order valence-corrected chi connectivity index (χ2v) is 5.03. The van der Waals surface area contributed by atoms with Crippen molar-refractivity contribution in [2.24, 2.45) is 0 Å². The predicted molar refractivity (Wildman–Crippen MR) is 88.3 cm³/mol. The molecule has 0 saturated carbocycles. The van der Waals surface area contributed by atoms with Gasteiger partial charge in [-0.3, -0.25) is 4.79 Å². The first-order valence-electron chi connectivity index (χ1n) is 6.97. The van der Waals surface area contributed by atoms with Gasteiger partial charge in [-0.25, -0.2) is 0 Å². The van der Waals surface area contributed by atoms with E-state index in [9.17, 15) is 4.79 Å². The number of hydrogen-bond donors (Lipinski definition) is 1. The highest BCUT2D eigenvalue weighted by atomic mass is 16.1. The Morgan fingerprint density at radius 2 is 1.82 bits per heavy atom. The Balaban J connectivity index is 1.95. The summed E-state index contributed by atoms with van der Waals surface area (Å²) in [5.41, 5.74) is 3.63. The van der Waals surface area contributed by atoms with Crippen molar-refractivity contribution in [3.63, 3.8) is 0 Å². The van der Waals surface area contributed by atoms with E-state index in [1.54, 1.807) is 6.20 Å². The van der Waals surface area contributed by atoms with Crippen LogP contribution in [0.5, 0.6) is 0 Å². The first-order chi connectivity index (χ1) is 10.6. The zero-order valence-electron chi connectivity index (χ0n) is 12.4. The van der Waals surface area contributed by atoms with E-state index in [1.807, 2.05) is 55.6 Å². The quantitative estimate of drug-likeness (QED) is 0.804. The molecular formula is C17H16N4O. The van der Waals surface area contributed by atoms with E-state index in [-0.39, 0.29) is 5.91 Å². The molecule has 0 fully saturated rings. The minimum atomic E-state index is -0.0783. The molecule has 0 aliphatic heterocycles. The van der Waals surface area contributed by atoms with Crippen molar-refractivity contribution in [2.75, 3.05) is 17.3 Å². The molecule has 0 atom stereocenters. The van der Waals surface area contributed by atoms with Gasteiger partial charge in [0.15, 0.2) is 0 Å². The predicted octanol–water partition coefficient (Wildman–Crippen LogP) is 3.36. The van der Waals surface area contributed by atoms with Gasteiger partial charge in [0.05, 0.1) is 17.4 Å². The van der Waals surface area contributed by atoms with Crippen molar-refractivity contribution in [3.05, 3.63) is 54.7 Å². The Hall–Kier alpha value is -2.95. The number of aromatic nitrogens is 2. The van der Waals surface area contributed by atoms with E-state index in [0.717, 1.165) is 28.0 Å². The van der Waals surface area contributed by atoms with Gasteiger partial charge in [-0.1, -0.05) is 18.2 Å². The summed E-state index contributed by atoms with van der Waals surface area (Å²) in [5.74, 6) is -0.0783. The van der Waals surface area contributed by atoms with E-state index in [2.05, 4.69) is 20.4 Å². The molecule has 22 heavy (non-hydrogen) atoms. The van der Waals surface area contributed by atoms with Crippen molar-refractivity contribution in [2.45, 2.75) is 6.92 Å². The second-order valence-electron chi connectivity index (χ2n) is 5.03. The first-order valence-corrected chi connectivity index (χ1v) is 6.97. The summed E-state index contributed by atoms with van der Waals surface area (Å²) in [6, 6.07) is 15.6. The summed E-state index contributed by atoms with van der Waals surface area (Å²) in [5, 5.41) is 12.0. The van der Waals surface area contributed by atoms with Gasteiger partial charge in [-0.2, -0.15) is 10.2 Å². The maximum absolute atomic E-state index is 11.1. The summed E-state index contributed by atoms with van der Waals surface area (Å²) in [6.07, 6.45) is 1.75. The normalized spacial score (nSPS) is 10.5. The van der Waals surface area contributed by atoms with Gasteiger partial charge in [-0.15, -0.1) is 0 Å². The Morgan fingerprint density at radius 3 is 2.55 bits per heavy atom. The zero-order valence-corrected chi connectivity index (χ0v) is 12.4. The molecule has 2 aromatic carbocycles. The maximum Gasteiger partial charge on any atom is 0.221 e. The third-order valence-electron chi connectivity index (χ3n) is 3.46. The van der Waals surface area contributed by atoms with E-state index >= 15 is 0 Å². The van der Waals surface area contributed by atoms with Gasteiger partial charge in [0.1, 0.15) is 0 Å². The van der Waals surface area contributed by atoms with Crippen LogP contribution in [0.3, 0.4) is 0 Å². The van der Waals surface area contributed by atoms with Crippen LogP contribution in [0.1, 0.15) is 6.92 Å². The average molecular weight is 292 g/mol. The number of carbonyl (C=O) groups excluding carboxylic acids is 1. The number of nitrogens with zero attached hydrogens (tertiary/aromatic N) is 3. The van der Waals surface area contributed by atoms with E-state index in [1.165, 1.54) is 6.92 Å². The van der Waals surface area contributed by atoms with Crippen LogP contribution in [0.4, 0.5) is 17.1 Å². The Morgan fingerprint density at radius 1 is 1.09 bits per heavy atom. The molecule has 3 rings (SSSR count). The van der Waals surface area contributed by atoms with E-state index in [4.69, 9.17) is 0 Å². The van der Waals surface area contributed by atoms with Crippen molar-refractivity contribution in [3.8, 4) is 0 Å². The molecule has 0 saturated heterocycles. The largest absolute Gasteiger partial charge is 0.343 e. The van der Waals surface area contributed by atoms with Crippen molar-refractivity contribution in [1.29, 1.82) is 0 Å². The molecule has 0 aliphatic rings. The molecule has 5 nitrogen and oxygen atoms in total. The first kappa shape index (κ1) is 14.0. The summed E-state index contributed by atoms with van der Waals surface area (Å²) >= 11 is 0. The highest BCUT2D eigenvalue weighted by Gasteiger charge is 2.09. The molecule has 0 unspecified atom stereocenters. The fraction of sp³-hybridized carbons (Fsp3) is 0.118. The zero-order chi connectivity index (χ0) is 15.5. The summed E-state index contributed by atoms with van der Waals surface area (Å²) in [7, 11) is 1.98. The number of fused-ring (bicyclic) bond motifs is 1. The standard InChI is InChI=1S/C17H16N4O/c1-12(22)19-13-7-9-14(10-8-13)21(2)17-11-18-20-16-6-4-3-5-15(16)17/h3-11H,1-2H3,(H,19,22). The van der Waals surface area contributed by atoms with Crippen LogP contribution in [0.2, 0.25) is 0 Å². The van der Waals surface area contributed by atoms with Gasteiger partial charge in [-0.05, 0) is 30.3 Å². The van der Waals surface area contributed by atoms with Gasteiger partial charge >= 0.3 is 0 Å². The van der Waals surface area contributed by atoms with Gasteiger partial charge in [0, 0.05) is 30.7 Å². The number of nitrogens with one attached hydrogen (secondary N) is 1. The second kappa shape index (κ2) is 5.81. The van der Waals surface area contributed by atoms with Crippen molar-refractivity contribution >= 4 is 33.9 Å². The summed E-state index contributed by atoms with van der Waals surface area (Å²) < 4.78 is 0. The van der Waals surface area contributed by atoms with Gasteiger partial charge < -0.3 is 10.2 Å². The Labute approximate surface area is 128 Å². The SMILES string of the molecule is CC(=O)Nc1ccc(N(C)c2cnnc3ccccc23)cc1. The molecule has 0 spiro atoms. The molecule has 3 aromatic rings. The van der Waals surface area contributed by atoms with Gasteiger partial charge in [0.25, 0.3) is 0 Å². The van der Waals surface area contributed by atoms with Crippen LogP contribution < -0.4 is 10.2 Å². The Bertz CT molecular complexity index is 809. The number of anilines is 3. The van der Waals surface area contributed by atoms with Crippen molar-refractivity contribution in [1.82, 2.24) is 10.2 Å². The third-order valence-corrected chi connectivity index (χ3v) is 3.46. The molecule has 1 heterocycles. The molecule has 5 heteroatoms. The molecular weight excluding hydrogens is 276 g/mol. The van der Waals surface area contributed by atoms with Crippen LogP contribution in [0.25, 0.3) is 10.9 Å². The van der Waals surface area contributed by atoms with Crippen LogP contribution in [-0.2, 0) is 4.79 Å². The fourth-order valence-corrected chi connectivity index (χ4v) is 2.37. The Kier molecular flexibility index (Phi) is 3.70. The van der Waals surface area contributed by atoms with Crippen LogP contribution in [-0.4, -0.2) is 23.2 Å². The van der Waals surface area contributed by atoms with Crippen molar-refractivity contribution < 1.29 is 4.79 Å². The van der Waals surface area contributed by atoms with Crippen LogP contribution in [0.15, 0.2) is 54.7 Å². The lowest BCUT2D eigenvalue weighted by molar-refractivity contribution is -0.114. The third kappa shape index (κ3) is 2.74. The minimum absolute atomic E-state index is 0.0783. The molecule has 1 amide bonds. The smallest absolute Gasteiger partial charge is 0.221 e. The maximum atomic E-state index is 11.1. The molecule has 0 bridgehead atoms. The van der Waals surface area contributed by atoms with Gasteiger partial charge in [0.2, 0.25) is 5.91 Å². The average Bonchev–Trinajstić information content (AvgIpc) is 2.54. The molecule has 1 N–H and O–H groups in total. The highest BCUT2D eigenvalue weighted by molar-refractivity contribution is 5.93. The molecule has 0 radical (unpaired) electrons. The van der Waals surface area contributed by atoms with Crippen LogP contribution in [0, 0.1) is 0 Å².